The predicted molar refractivity (Wildman–Crippen MR) is 122 cm³/mol. The summed E-state index contributed by atoms with van der Waals surface area (Å²) in [6.45, 7) is 7.68. The van der Waals surface area contributed by atoms with Gasteiger partial charge in [0.25, 0.3) is 0 Å². The highest BCUT2D eigenvalue weighted by Crippen LogP contribution is 2.34. The molecule has 0 amide bonds. The quantitative estimate of drug-likeness (QED) is 0.563. The number of piperidine rings is 1. The van der Waals surface area contributed by atoms with Gasteiger partial charge in [0.15, 0.2) is 5.82 Å². The van der Waals surface area contributed by atoms with Crippen molar-refractivity contribution in [3.63, 3.8) is 0 Å². The number of aliphatic hydroxyl groups is 1. The Morgan fingerprint density at radius 3 is 2.60 bits per heavy atom. The summed E-state index contributed by atoms with van der Waals surface area (Å²) in [6.07, 6.45) is 7.59. The van der Waals surface area contributed by atoms with Crippen LogP contribution in [0.25, 0.3) is 22.0 Å². The second kappa shape index (κ2) is 8.46. The third-order valence-electron chi connectivity index (χ3n) is 5.77. The lowest BCUT2D eigenvalue weighted by atomic mass is 9.92. The predicted octanol–water partition coefficient (Wildman–Crippen LogP) is 4.37. The van der Waals surface area contributed by atoms with E-state index in [1.54, 1.807) is 32.4 Å². The number of fused-ring (bicyclic) bond motifs is 1. The molecule has 0 saturated carbocycles. The molecule has 4 rings (SSSR count). The maximum atomic E-state index is 10.1. The minimum atomic E-state index is -1.07. The molecule has 7 heteroatoms. The summed E-state index contributed by atoms with van der Waals surface area (Å²) in [5.41, 5.74) is 2.58. The molecule has 3 heterocycles. The molecule has 0 spiro atoms. The molecule has 6 nitrogen and oxygen atoms in total. The zero-order chi connectivity index (χ0) is 21.3. The van der Waals surface area contributed by atoms with Crippen molar-refractivity contribution in [1.29, 1.82) is 0 Å². The normalized spacial score (nSPS) is 18.4. The van der Waals surface area contributed by atoms with Crippen LogP contribution < -0.4 is 10.6 Å². The largest absolute Gasteiger partial charge is 0.382 e. The molecule has 0 radical (unpaired) electrons. The van der Waals surface area contributed by atoms with Crippen LogP contribution in [0.3, 0.4) is 0 Å². The molecule has 3 N–H and O–H groups in total. The summed E-state index contributed by atoms with van der Waals surface area (Å²) >= 11 is 6.56. The fraction of sp³-hybridized carbons (Fsp3) is 0.435. The van der Waals surface area contributed by atoms with Crippen LogP contribution in [0.2, 0.25) is 5.02 Å². The van der Waals surface area contributed by atoms with E-state index in [1.165, 1.54) is 12.8 Å². The average molecular weight is 426 g/mol. The van der Waals surface area contributed by atoms with E-state index >= 15 is 0 Å². The van der Waals surface area contributed by atoms with Gasteiger partial charge in [0.1, 0.15) is 5.60 Å². The van der Waals surface area contributed by atoms with Crippen LogP contribution in [-0.4, -0.2) is 39.2 Å². The minimum absolute atomic E-state index is 0.291. The average Bonchev–Trinajstić information content (AvgIpc) is 2.75. The first-order chi connectivity index (χ1) is 14.3. The SMILES string of the molecule is CC(Nc1c(Cl)cnc2ccc(-c3cnc(C(C)(C)O)nc3)cc12)[C@@H]1CCCNC1. The number of benzene rings is 1. The summed E-state index contributed by atoms with van der Waals surface area (Å²) in [4.78, 5) is 13.2. The van der Waals surface area contributed by atoms with Gasteiger partial charge in [-0.1, -0.05) is 17.7 Å². The van der Waals surface area contributed by atoms with Gasteiger partial charge in [-0.15, -0.1) is 0 Å². The van der Waals surface area contributed by atoms with Crippen molar-refractivity contribution in [1.82, 2.24) is 20.3 Å². The highest BCUT2D eigenvalue weighted by Gasteiger charge is 2.22. The van der Waals surface area contributed by atoms with Crippen LogP contribution in [0.1, 0.15) is 39.4 Å². The van der Waals surface area contributed by atoms with Crippen molar-refractivity contribution < 1.29 is 5.11 Å². The van der Waals surface area contributed by atoms with E-state index in [0.717, 1.165) is 40.8 Å². The molecule has 0 bridgehead atoms. The van der Waals surface area contributed by atoms with Crippen molar-refractivity contribution in [3.8, 4) is 11.1 Å². The lowest BCUT2D eigenvalue weighted by Gasteiger charge is -2.30. The van der Waals surface area contributed by atoms with Crippen LogP contribution in [0.4, 0.5) is 5.69 Å². The zero-order valence-electron chi connectivity index (χ0n) is 17.6. The van der Waals surface area contributed by atoms with Crippen molar-refractivity contribution in [2.24, 2.45) is 5.92 Å². The minimum Gasteiger partial charge on any atom is -0.382 e. The highest BCUT2D eigenvalue weighted by atomic mass is 35.5. The Morgan fingerprint density at radius 1 is 1.17 bits per heavy atom. The van der Waals surface area contributed by atoms with E-state index in [-0.39, 0.29) is 0 Å². The Hall–Kier alpha value is -2.28. The second-order valence-corrected chi connectivity index (χ2v) is 9.01. The van der Waals surface area contributed by atoms with E-state index in [2.05, 4.69) is 38.6 Å². The maximum absolute atomic E-state index is 10.1. The number of hydrogen-bond acceptors (Lipinski definition) is 6. The first kappa shape index (κ1) is 21.0. The number of nitrogens with zero attached hydrogens (tertiary/aromatic N) is 3. The number of pyridine rings is 1. The van der Waals surface area contributed by atoms with Crippen LogP contribution >= 0.6 is 11.6 Å². The van der Waals surface area contributed by atoms with Gasteiger partial charge in [-0.3, -0.25) is 4.98 Å². The van der Waals surface area contributed by atoms with Gasteiger partial charge in [-0.25, -0.2) is 9.97 Å². The fourth-order valence-corrected chi connectivity index (χ4v) is 4.14. The smallest absolute Gasteiger partial charge is 0.159 e. The molecule has 0 aliphatic carbocycles. The summed E-state index contributed by atoms with van der Waals surface area (Å²) in [6, 6.07) is 6.36. The molecule has 1 aliphatic rings. The highest BCUT2D eigenvalue weighted by molar-refractivity contribution is 6.34. The molecule has 158 valence electrons. The van der Waals surface area contributed by atoms with E-state index < -0.39 is 5.60 Å². The number of aromatic nitrogens is 3. The Labute approximate surface area is 182 Å². The van der Waals surface area contributed by atoms with E-state index in [4.69, 9.17) is 11.6 Å². The number of anilines is 1. The Kier molecular flexibility index (Phi) is 5.91. The van der Waals surface area contributed by atoms with Crippen molar-refractivity contribution in [3.05, 3.63) is 47.6 Å². The molecule has 30 heavy (non-hydrogen) atoms. The molecule has 2 aromatic heterocycles. The van der Waals surface area contributed by atoms with Crippen LogP contribution in [0.15, 0.2) is 36.8 Å². The van der Waals surface area contributed by atoms with E-state index in [1.807, 2.05) is 12.1 Å². The molecule has 2 atom stereocenters. The van der Waals surface area contributed by atoms with Crippen LogP contribution in [0.5, 0.6) is 0 Å². The summed E-state index contributed by atoms with van der Waals surface area (Å²) in [7, 11) is 0. The van der Waals surface area contributed by atoms with Gasteiger partial charge in [0, 0.05) is 35.6 Å². The summed E-state index contributed by atoms with van der Waals surface area (Å²) in [5, 5.41) is 18.8. The fourth-order valence-electron chi connectivity index (χ4n) is 3.94. The molecule has 1 fully saturated rings. The number of rotatable bonds is 5. The number of halogens is 1. The third-order valence-corrected chi connectivity index (χ3v) is 6.05. The van der Waals surface area contributed by atoms with Crippen LogP contribution in [-0.2, 0) is 5.60 Å². The Balaban J connectivity index is 1.68. The molecular formula is C23H28ClN5O. The number of nitrogens with one attached hydrogen (secondary N) is 2. The number of hydrogen-bond donors (Lipinski definition) is 3. The van der Waals surface area contributed by atoms with Gasteiger partial charge in [-0.2, -0.15) is 0 Å². The summed E-state index contributed by atoms with van der Waals surface area (Å²) < 4.78 is 0. The molecule has 1 unspecified atom stereocenters. The Bertz CT molecular complexity index is 1030. The lowest BCUT2D eigenvalue weighted by molar-refractivity contribution is 0.0687. The van der Waals surface area contributed by atoms with Crippen molar-refractivity contribution in [2.45, 2.75) is 45.3 Å². The molecule has 1 aromatic carbocycles. The van der Waals surface area contributed by atoms with Gasteiger partial charge in [0.2, 0.25) is 0 Å². The second-order valence-electron chi connectivity index (χ2n) is 8.61. The van der Waals surface area contributed by atoms with Gasteiger partial charge in [0.05, 0.1) is 16.2 Å². The van der Waals surface area contributed by atoms with Crippen molar-refractivity contribution in [2.75, 3.05) is 18.4 Å². The monoisotopic (exact) mass is 425 g/mol. The lowest BCUT2D eigenvalue weighted by Crippen LogP contribution is -2.38. The standard InChI is InChI=1S/C23H28ClN5O/c1-14(16-5-4-8-25-10-16)29-21-18-9-15(6-7-20(18)26-13-19(21)24)17-11-27-22(28-12-17)23(2,3)30/h6-7,9,11-14,16,25,30H,4-5,8,10H2,1-3H3,(H,26,29)/t14?,16-/m1/s1. The first-order valence-electron chi connectivity index (χ1n) is 10.4. The topological polar surface area (TPSA) is 83.0 Å². The Morgan fingerprint density at radius 2 is 1.93 bits per heavy atom. The summed E-state index contributed by atoms with van der Waals surface area (Å²) in [5.74, 6) is 0.956. The van der Waals surface area contributed by atoms with Gasteiger partial charge < -0.3 is 15.7 Å². The van der Waals surface area contributed by atoms with E-state index in [0.29, 0.717) is 22.8 Å². The van der Waals surface area contributed by atoms with Gasteiger partial charge in [-0.05, 0) is 70.3 Å². The molecule has 1 saturated heterocycles. The van der Waals surface area contributed by atoms with Crippen molar-refractivity contribution >= 4 is 28.2 Å². The molecule has 1 aliphatic heterocycles. The molecule has 3 aromatic rings. The first-order valence-corrected chi connectivity index (χ1v) is 10.8. The zero-order valence-corrected chi connectivity index (χ0v) is 18.4. The third kappa shape index (κ3) is 4.41. The van der Waals surface area contributed by atoms with Gasteiger partial charge >= 0.3 is 0 Å². The van der Waals surface area contributed by atoms with Crippen LogP contribution in [0, 0.1) is 5.92 Å². The molecular weight excluding hydrogens is 398 g/mol. The van der Waals surface area contributed by atoms with E-state index in [9.17, 15) is 5.11 Å². The maximum Gasteiger partial charge on any atom is 0.159 e.